The second-order valence-electron chi connectivity index (χ2n) is 6.42. The fourth-order valence-corrected chi connectivity index (χ4v) is 3.47. The summed E-state index contributed by atoms with van der Waals surface area (Å²) in [5.74, 6) is 0. The first kappa shape index (κ1) is 12.4. The van der Waals surface area contributed by atoms with Gasteiger partial charge in [0, 0.05) is 12.1 Å². The van der Waals surface area contributed by atoms with Crippen molar-refractivity contribution in [3.05, 3.63) is 0 Å². The van der Waals surface area contributed by atoms with Crippen LogP contribution >= 0.6 is 0 Å². The molecule has 2 fully saturated rings. The Bertz CT molecular complexity index is 217. The van der Waals surface area contributed by atoms with Crippen molar-refractivity contribution in [1.82, 2.24) is 4.90 Å². The number of nitrogens with zero attached hydrogens (tertiary/aromatic N) is 1. The molecule has 0 amide bonds. The Morgan fingerprint density at radius 2 is 1.62 bits per heavy atom. The molecule has 0 radical (unpaired) electrons. The second kappa shape index (κ2) is 5.05. The molecule has 2 rings (SSSR count). The third-order valence-corrected chi connectivity index (χ3v) is 4.75. The number of hydrogen-bond acceptors (Lipinski definition) is 2. The van der Waals surface area contributed by atoms with E-state index in [1.54, 1.807) is 0 Å². The Kier molecular flexibility index (Phi) is 3.91. The predicted octanol–water partition coefficient (Wildman–Crippen LogP) is 2.77. The quantitative estimate of drug-likeness (QED) is 0.742. The van der Waals surface area contributed by atoms with E-state index in [4.69, 9.17) is 5.73 Å². The molecule has 2 atom stereocenters. The lowest BCUT2D eigenvalue weighted by atomic mass is 9.70. The van der Waals surface area contributed by atoms with E-state index in [1.165, 1.54) is 58.0 Å². The van der Waals surface area contributed by atoms with Gasteiger partial charge in [0.25, 0.3) is 0 Å². The normalized spacial score (nSPS) is 36.9. The smallest absolute Gasteiger partial charge is 0.0252 e. The van der Waals surface area contributed by atoms with Crippen LogP contribution in [0.4, 0.5) is 0 Å². The van der Waals surface area contributed by atoms with Crippen LogP contribution in [0.5, 0.6) is 0 Å². The molecule has 1 aliphatic heterocycles. The Balaban J connectivity index is 2.01. The monoisotopic (exact) mass is 224 g/mol. The van der Waals surface area contributed by atoms with E-state index in [2.05, 4.69) is 18.7 Å². The summed E-state index contributed by atoms with van der Waals surface area (Å²) in [4.78, 5) is 2.69. The lowest BCUT2D eigenvalue weighted by Gasteiger charge is -2.46. The van der Waals surface area contributed by atoms with Crippen LogP contribution in [-0.4, -0.2) is 30.1 Å². The number of nitrogens with two attached hydrogens (primary N) is 1. The standard InChI is InChI=1S/C14H28N2/c1-14(2)9-7-8-12(13(14)15)16-10-5-3-4-6-11-16/h12-13H,3-11,15H2,1-2H3. The van der Waals surface area contributed by atoms with Gasteiger partial charge in [0.05, 0.1) is 0 Å². The van der Waals surface area contributed by atoms with E-state index >= 15 is 0 Å². The van der Waals surface area contributed by atoms with Gasteiger partial charge in [0.2, 0.25) is 0 Å². The fraction of sp³-hybridized carbons (Fsp3) is 1.00. The topological polar surface area (TPSA) is 29.3 Å². The van der Waals surface area contributed by atoms with Gasteiger partial charge in [-0.15, -0.1) is 0 Å². The molecule has 1 aliphatic carbocycles. The van der Waals surface area contributed by atoms with Gasteiger partial charge in [-0.05, 0) is 44.2 Å². The molecule has 0 spiro atoms. The van der Waals surface area contributed by atoms with E-state index in [0.29, 0.717) is 17.5 Å². The molecule has 1 saturated heterocycles. The Labute approximate surface area is 101 Å². The van der Waals surface area contributed by atoms with Crippen molar-refractivity contribution in [2.45, 2.75) is 70.9 Å². The summed E-state index contributed by atoms with van der Waals surface area (Å²) >= 11 is 0. The fourth-order valence-electron chi connectivity index (χ4n) is 3.47. The number of hydrogen-bond donors (Lipinski definition) is 1. The predicted molar refractivity (Wildman–Crippen MR) is 69.4 cm³/mol. The van der Waals surface area contributed by atoms with Crippen LogP contribution in [0, 0.1) is 5.41 Å². The highest BCUT2D eigenvalue weighted by Crippen LogP contribution is 2.37. The molecule has 94 valence electrons. The van der Waals surface area contributed by atoms with Crippen molar-refractivity contribution in [2.24, 2.45) is 11.1 Å². The largest absolute Gasteiger partial charge is 0.326 e. The zero-order valence-corrected chi connectivity index (χ0v) is 11.0. The van der Waals surface area contributed by atoms with E-state index in [-0.39, 0.29) is 0 Å². The average Bonchev–Trinajstić information content (AvgIpc) is 2.50. The lowest BCUT2D eigenvalue weighted by Crippen LogP contribution is -2.57. The molecule has 2 heteroatoms. The van der Waals surface area contributed by atoms with Crippen LogP contribution in [0.3, 0.4) is 0 Å². The summed E-state index contributed by atoms with van der Waals surface area (Å²) in [6, 6.07) is 1.03. The van der Waals surface area contributed by atoms with Crippen molar-refractivity contribution >= 4 is 0 Å². The van der Waals surface area contributed by atoms with E-state index in [9.17, 15) is 0 Å². The van der Waals surface area contributed by atoms with E-state index in [0.717, 1.165) is 0 Å². The summed E-state index contributed by atoms with van der Waals surface area (Å²) < 4.78 is 0. The molecule has 1 heterocycles. The minimum atomic E-state index is 0.342. The molecule has 0 aromatic carbocycles. The van der Waals surface area contributed by atoms with Crippen molar-refractivity contribution in [3.63, 3.8) is 0 Å². The average molecular weight is 224 g/mol. The summed E-state index contributed by atoms with van der Waals surface area (Å²) in [5.41, 5.74) is 6.84. The van der Waals surface area contributed by atoms with Crippen LogP contribution in [-0.2, 0) is 0 Å². The van der Waals surface area contributed by atoms with Crippen LogP contribution in [0.25, 0.3) is 0 Å². The highest BCUT2D eigenvalue weighted by atomic mass is 15.2. The highest BCUT2D eigenvalue weighted by molar-refractivity contribution is 4.96. The SMILES string of the molecule is CC1(C)CCCC(N2CCCCCC2)C1N. The first-order valence-electron chi connectivity index (χ1n) is 7.11. The van der Waals surface area contributed by atoms with Crippen LogP contribution in [0.2, 0.25) is 0 Å². The van der Waals surface area contributed by atoms with Gasteiger partial charge in [-0.1, -0.05) is 33.1 Å². The minimum absolute atomic E-state index is 0.342. The van der Waals surface area contributed by atoms with Crippen molar-refractivity contribution < 1.29 is 0 Å². The molecule has 0 aromatic heterocycles. The second-order valence-corrected chi connectivity index (χ2v) is 6.42. The Morgan fingerprint density at radius 3 is 2.25 bits per heavy atom. The van der Waals surface area contributed by atoms with E-state index in [1.807, 2.05) is 0 Å². The maximum absolute atomic E-state index is 6.50. The van der Waals surface area contributed by atoms with Gasteiger partial charge >= 0.3 is 0 Å². The van der Waals surface area contributed by atoms with E-state index < -0.39 is 0 Å². The number of likely N-dealkylation sites (tertiary alicyclic amines) is 1. The highest BCUT2D eigenvalue weighted by Gasteiger charge is 2.38. The molecule has 0 aromatic rings. The van der Waals surface area contributed by atoms with Gasteiger partial charge in [0.1, 0.15) is 0 Å². The Morgan fingerprint density at radius 1 is 1.00 bits per heavy atom. The molecule has 2 unspecified atom stereocenters. The third kappa shape index (κ3) is 2.60. The van der Waals surface area contributed by atoms with Gasteiger partial charge in [-0.3, -0.25) is 4.90 Å². The Hall–Kier alpha value is -0.0800. The van der Waals surface area contributed by atoms with Crippen LogP contribution in [0.1, 0.15) is 58.8 Å². The summed E-state index contributed by atoms with van der Waals surface area (Å²) in [6.45, 7) is 7.27. The number of rotatable bonds is 1. The zero-order chi connectivity index (χ0) is 11.6. The van der Waals surface area contributed by atoms with Gasteiger partial charge in [-0.25, -0.2) is 0 Å². The summed E-state index contributed by atoms with van der Waals surface area (Å²) in [5, 5.41) is 0. The lowest BCUT2D eigenvalue weighted by molar-refractivity contribution is 0.0701. The maximum Gasteiger partial charge on any atom is 0.0252 e. The van der Waals surface area contributed by atoms with Gasteiger partial charge in [-0.2, -0.15) is 0 Å². The molecular weight excluding hydrogens is 196 g/mol. The van der Waals surface area contributed by atoms with Crippen LogP contribution in [0.15, 0.2) is 0 Å². The third-order valence-electron chi connectivity index (χ3n) is 4.75. The molecule has 2 N–H and O–H groups in total. The van der Waals surface area contributed by atoms with Crippen molar-refractivity contribution in [3.8, 4) is 0 Å². The summed E-state index contributed by atoms with van der Waals surface area (Å²) in [7, 11) is 0. The summed E-state index contributed by atoms with van der Waals surface area (Å²) in [6.07, 6.45) is 9.59. The van der Waals surface area contributed by atoms with Gasteiger partial charge < -0.3 is 5.73 Å². The van der Waals surface area contributed by atoms with Gasteiger partial charge in [0.15, 0.2) is 0 Å². The minimum Gasteiger partial charge on any atom is -0.326 e. The molecule has 2 nitrogen and oxygen atoms in total. The zero-order valence-electron chi connectivity index (χ0n) is 11.0. The molecule has 2 aliphatic rings. The first-order chi connectivity index (χ1) is 7.61. The van der Waals surface area contributed by atoms with Crippen molar-refractivity contribution in [1.29, 1.82) is 0 Å². The molecule has 16 heavy (non-hydrogen) atoms. The first-order valence-corrected chi connectivity index (χ1v) is 7.11. The van der Waals surface area contributed by atoms with Crippen molar-refractivity contribution in [2.75, 3.05) is 13.1 Å². The van der Waals surface area contributed by atoms with Crippen LogP contribution < -0.4 is 5.73 Å². The molecule has 0 bridgehead atoms. The maximum atomic E-state index is 6.50. The molecule has 1 saturated carbocycles. The molecular formula is C14H28N2.